The van der Waals surface area contributed by atoms with Gasteiger partial charge in [0.1, 0.15) is 0 Å². The number of aromatic nitrogens is 3. The quantitative estimate of drug-likeness (QED) is 0.699. The van der Waals surface area contributed by atoms with Crippen LogP contribution in [0.4, 0.5) is 13.2 Å². The number of halogens is 3. The van der Waals surface area contributed by atoms with Gasteiger partial charge in [-0.05, 0) is 13.0 Å². The van der Waals surface area contributed by atoms with Crippen LogP contribution in [0.15, 0.2) is 17.6 Å². The number of alkyl halides is 3. The van der Waals surface area contributed by atoms with Crippen molar-refractivity contribution in [3.05, 3.63) is 34.0 Å². The number of hydrogen-bond acceptors (Lipinski definition) is 7. The van der Waals surface area contributed by atoms with Crippen molar-refractivity contribution in [2.45, 2.75) is 32.3 Å². The number of carbonyl (C=O) groups excluding carboxylic acids is 1. The van der Waals surface area contributed by atoms with E-state index in [9.17, 15) is 18.0 Å². The van der Waals surface area contributed by atoms with E-state index in [0.717, 1.165) is 29.5 Å². The molecular weight excluding hydrogens is 439 g/mol. The highest BCUT2D eigenvalue weighted by Crippen LogP contribution is 2.21. The molecule has 3 rings (SSSR count). The third kappa shape index (κ3) is 7.60. The largest absolute Gasteiger partial charge is 0.490 e. The number of likely N-dealkylation sites (N-methyl/N-ethyl adjacent to an activating group) is 1. The van der Waals surface area contributed by atoms with Gasteiger partial charge in [-0.15, -0.1) is 11.3 Å². The first kappa shape index (κ1) is 24.8. The highest BCUT2D eigenvalue weighted by molar-refractivity contribution is 7.09. The zero-order valence-corrected chi connectivity index (χ0v) is 18.1. The lowest BCUT2D eigenvalue weighted by Crippen LogP contribution is -2.44. The fourth-order valence-corrected chi connectivity index (χ4v) is 3.41. The van der Waals surface area contributed by atoms with E-state index in [1.54, 1.807) is 30.3 Å². The molecule has 1 atom stereocenters. The molecule has 1 aliphatic heterocycles. The maximum Gasteiger partial charge on any atom is 0.490 e. The highest BCUT2D eigenvalue weighted by Gasteiger charge is 2.38. The zero-order chi connectivity index (χ0) is 23.2. The second-order valence-electron chi connectivity index (χ2n) is 7.05. The van der Waals surface area contributed by atoms with Gasteiger partial charge in [-0.3, -0.25) is 14.4 Å². The summed E-state index contributed by atoms with van der Waals surface area (Å²) in [7, 11) is 3.57. The number of hydrogen-bond donors (Lipinski definition) is 1. The summed E-state index contributed by atoms with van der Waals surface area (Å²) in [6.45, 7) is 4.96. The van der Waals surface area contributed by atoms with Crippen LogP contribution >= 0.6 is 11.3 Å². The number of fused-ring (bicyclic) bond motifs is 1. The second kappa shape index (κ2) is 10.7. The number of amides is 1. The molecule has 1 amide bonds. The highest BCUT2D eigenvalue weighted by atomic mass is 32.1. The Balaban J connectivity index is 0.000000423. The SMILES string of the molecule is Cc1nc(COCC2CN(CC(=O)N(C)C)Cc3ccnn32)cs1.O=C(O)C(F)(F)F. The Bertz CT molecular complexity index is 884. The summed E-state index contributed by atoms with van der Waals surface area (Å²) in [6.07, 6.45) is -3.27. The van der Waals surface area contributed by atoms with E-state index in [4.69, 9.17) is 14.6 Å². The zero-order valence-electron chi connectivity index (χ0n) is 17.3. The first-order valence-corrected chi connectivity index (χ1v) is 10.1. The van der Waals surface area contributed by atoms with E-state index in [1.165, 1.54) is 0 Å². The van der Waals surface area contributed by atoms with Crippen molar-refractivity contribution in [1.82, 2.24) is 24.6 Å². The standard InChI is InChI=1S/C16H23N5O2S.C2HF3O2/c1-12-18-13(11-24-12)9-23-10-15-7-20(8-16(22)19(2)3)6-14-4-5-17-21(14)15;3-2(4,5)1(6)7/h4-5,11,15H,6-10H2,1-3H3;(H,6,7). The summed E-state index contributed by atoms with van der Waals surface area (Å²) in [5.41, 5.74) is 2.08. The summed E-state index contributed by atoms with van der Waals surface area (Å²) in [5.74, 6) is -2.65. The average molecular weight is 463 g/mol. The molecule has 0 saturated heterocycles. The van der Waals surface area contributed by atoms with Crippen molar-refractivity contribution in [2.75, 3.05) is 33.8 Å². The number of thiazole rings is 1. The van der Waals surface area contributed by atoms with Crippen molar-refractivity contribution in [3.8, 4) is 0 Å². The van der Waals surface area contributed by atoms with Gasteiger partial charge in [0.25, 0.3) is 0 Å². The van der Waals surface area contributed by atoms with Gasteiger partial charge < -0.3 is 14.7 Å². The third-order valence-electron chi connectivity index (χ3n) is 4.28. The van der Waals surface area contributed by atoms with Crippen LogP contribution < -0.4 is 0 Å². The van der Waals surface area contributed by atoms with Gasteiger partial charge in [0.05, 0.1) is 42.2 Å². The third-order valence-corrected chi connectivity index (χ3v) is 5.10. The van der Waals surface area contributed by atoms with Gasteiger partial charge in [-0.1, -0.05) is 0 Å². The number of aliphatic carboxylic acids is 1. The number of nitrogens with zero attached hydrogens (tertiary/aromatic N) is 5. The van der Waals surface area contributed by atoms with E-state index in [-0.39, 0.29) is 11.9 Å². The molecule has 1 unspecified atom stereocenters. The first-order valence-electron chi connectivity index (χ1n) is 9.21. The number of aryl methyl sites for hydroxylation is 1. The smallest absolute Gasteiger partial charge is 0.475 e. The Labute approximate surface area is 181 Å². The van der Waals surface area contributed by atoms with Crippen molar-refractivity contribution >= 4 is 23.2 Å². The number of carboxylic acids is 1. The van der Waals surface area contributed by atoms with E-state index >= 15 is 0 Å². The lowest BCUT2D eigenvalue weighted by Gasteiger charge is -2.33. The maximum absolute atomic E-state index is 12.0. The Morgan fingerprint density at radius 1 is 1.39 bits per heavy atom. The van der Waals surface area contributed by atoms with Crippen molar-refractivity contribution in [1.29, 1.82) is 0 Å². The number of rotatable bonds is 6. The summed E-state index contributed by atoms with van der Waals surface area (Å²) < 4.78 is 39.6. The monoisotopic (exact) mass is 463 g/mol. The van der Waals surface area contributed by atoms with Crippen LogP contribution in [0, 0.1) is 6.92 Å². The fourth-order valence-electron chi connectivity index (χ4n) is 2.82. The predicted molar refractivity (Wildman–Crippen MR) is 105 cm³/mol. The van der Waals surface area contributed by atoms with Crippen LogP contribution in [0.25, 0.3) is 0 Å². The van der Waals surface area contributed by atoms with E-state index in [0.29, 0.717) is 19.8 Å². The fraction of sp³-hybridized carbons (Fsp3) is 0.556. The molecular formula is C18H24F3N5O4S. The molecule has 0 fully saturated rings. The molecule has 31 heavy (non-hydrogen) atoms. The minimum atomic E-state index is -5.08. The molecule has 172 valence electrons. The van der Waals surface area contributed by atoms with Crippen LogP contribution in [-0.2, 0) is 27.5 Å². The lowest BCUT2D eigenvalue weighted by molar-refractivity contribution is -0.192. The van der Waals surface area contributed by atoms with Crippen LogP contribution in [0.3, 0.4) is 0 Å². The number of ether oxygens (including phenoxy) is 1. The second-order valence-corrected chi connectivity index (χ2v) is 8.12. The molecule has 3 heterocycles. The van der Waals surface area contributed by atoms with E-state index in [1.807, 2.05) is 29.2 Å². The van der Waals surface area contributed by atoms with Crippen LogP contribution in [0.5, 0.6) is 0 Å². The summed E-state index contributed by atoms with van der Waals surface area (Å²) in [6, 6.07) is 2.11. The van der Waals surface area contributed by atoms with Gasteiger partial charge in [0, 0.05) is 38.8 Å². The minimum absolute atomic E-state index is 0.110. The molecule has 0 spiro atoms. The van der Waals surface area contributed by atoms with Gasteiger partial charge >= 0.3 is 12.1 Å². The molecule has 2 aromatic rings. The molecule has 0 saturated carbocycles. The molecule has 0 bridgehead atoms. The van der Waals surface area contributed by atoms with E-state index < -0.39 is 12.1 Å². The molecule has 1 N–H and O–H groups in total. The van der Waals surface area contributed by atoms with Gasteiger partial charge in [-0.2, -0.15) is 18.3 Å². The molecule has 1 aliphatic rings. The van der Waals surface area contributed by atoms with Crippen LogP contribution in [0.2, 0.25) is 0 Å². The maximum atomic E-state index is 12.0. The van der Waals surface area contributed by atoms with Gasteiger partial charge in [0.2, 0.25) is 5.91 Å². The predicted octanol–water partition coefficient (Wildman–Crippen LogP) is 1.94. The summed E-state index contributed by atoms with van der Waals surface area (Å²) in [5, 5.41) is 14.6. The Hall–Kier alpha value is -2.51. The van der Waals surface area contributed by atoms with E-state index in [2.05, 4.69) is 15.0 Å². The molecule has 0 aromatic carbocycles. The molecule has 9 nitrogen and oxygen atoms in total. The Morgan fingerprint density at radius 3 is 2.61 bits per heavy atom. The molecule has 13 heteroatoms. The topological polar surface area (TPSA) is 101 Å². The average Bonchev–Trinajstić information content (AvgIpc) is 3.30. The Morgan fingerprint density at radius 2 is 2.06 bits per heavy atom. The van der Waals surface area contributed by atoms with Crippen molar-refractivity contribution < 1.29 is 32.6 Å². The lowest BCUT2D eigenvalue weighted by atomic mass is 10.2. The summed E-state index contributed by atoms with van der Waals surface area (Å²) >= 11 is 1.63. The van der Waals surface area contributed by atoms with Gasteiger partial charge in [-0.25, -0.2) is 9.78 Å². The number of carboxylic acid groups (broad SMARTS) is 1. The van der Waals surface area contributed by atoms with Crippen LogP contribution in [0.1, 0.15) is 22.4 Å². The minimum Gasteiger partial charge on any atom is -0.475 e. The molecule has 0 radical (unpaired) electrons. The molecule has 0 aliphatic carbocycles. The molecule has 2 aromatic heterocycles. The van der Waals surface area contributed by atoms with Gasteiger partial charge in [0.15, 0.2) is 0 Å². The number of carbonyl (C=O) groups is 2. The first-order chi connectivity index (χ1) is 14.5. The Kier molecular flexibility index (Phi) is 8.53. The van der Waals surface area contributed by atoms with Crippen LogP contribution in [-0.4, -0.2) is 81.5 Å². The van der Waals surface area contributed by atoms with Crippen molar-refractivity contribution in [2.24, 2.45) is 0 Å². The summed E-state index contributed by atoms with van der Waals surface area (Å²) in [4.78, 5) is 29.1. The normalized spacial score (nSPS) is 16.3. The van der Waals surface area contributed by atoms with Crippen molar-refractivity contribution in [3.63, 3.8) is 0 Å².